The van der Waals surface area contributed by atoms with Crippen molar-refractivity contribution in [2.45, 2.75) is 0 Å². The number of hydrogen-bond acceptors (Lipinski definition) is 2. The summed E-state index contributed by atoms with van der Waals surface area (Å²) in [6.45, 7) is 5.03. The molecule has 0 radical (unpaired) electrons. The third-order valence-corrected chi connectivity index (χ3v) is 2.42. The van der Waals surface area contributed by atoms with Crippen LogP contribution in [0.4, 0.5) is 0 Å². The zero-order valence-corrected chi connectivity index (χ0v) is 6.00. The minimum absolute atomic E-state index is 1.12. The molecule has 0 atom stereocenters. The van der Waals surface area contributed by atoms with Gasteiger partial charge in [-0.25, -0.2) is 11.5 Å². The van der Waals surface area contributed by atoms with E-state index in [1.54, 1.807) is 0 Å². The van der Waals surface area contributed by atoms with Crippen molar-refractivity contribution in [2.75, 3.05) is 7.05 Å². The molecule has 5 heteroatoms. The summed E-state index contributed by atoms with van der Waals surface area (Å²) in [5.74, 6) is 0. The van der Waals surface area contributed by atoms with Crippen LogP contribution in [0, 0.1) is 0 Å². The van der Waals surface area contributed by atoms with Crippen molar-refractivity contribution in [1.29, 1.82) is 0 Å². The van der Waals surface area contributed by atoms with Crippen LogP contribution < -0.4 is 0 Å². The summed E-state index contributed by atoms with van der Waals surface area (Å²) in [5.41, 5.74) is 1.28. The molecule has 0 saturated carbocycles. The molecule has 1 saturated heterocycles. The first kappa shape index (κ1) is 6.21. The second-order valence-electron chi connectivity index (χ2n) is 2.05. The van der Waals surface area contributed by atoms with Crippen LogP contribution in [0.3, 0.4) is 0 Å². The first-order valence-corrected chi connectivity index (χ1v) is 3.93. The lowest BCUT2D eigenvalue weighted by molar-refractivity contribution is 0.725. The Bertz CT molecular complexity index is 107. The average Bonchev–Trinajstić information content (AvgIpc) is 1.77. The number of hydrogen-bond donors (Lipinski definition) is 0. The molecule has 8 heavy (non-hydrogen) atoms. The highest BCUT2D eigenvalue weighted by Crippen LogP contribution is 2.07. The fourth-order valence-corrected chi connectivity index (χ4v) is 1.64. The normalized spacial score (nSPS) is 18.6. The van der Waals surface area contributed by atoms with E-state index in [1.807, 2.05) is 11.5 Å². The molecule has 1 heterocycles. The first-order chi connectivity index (χ1) is 3.80. The Morgan fingerprint density at radius 1 is 1.75 bits per heavy atom. The van der Waals surface area contributed by atoms with E-state index >= 15 is 0 Å². The van der Waals surface area contributed by atoms with Gasteiger partial charge >= 0.3 is 0 Å². The molecule has 0 aromatic heterocycles. The zero-order chi connectivity index (χ0) is 5.98. The molecule has 0 bridgehead atoms. The van der Waals surface area contributed by atoms with Crippen LogP contribution >= 0.6 is 11.5 Å². The predicted molar refractivity (Wildman–Crippen MR) is 45.9 cm³/mol. The van der Waals surface area contributed by atoms with E-state index in [4.69, 9.17) is 0 Å². The van der Waals surface area contributed by atoms with E-state index in [-0.39, 0.29) is 0 Å². The summed E-state index contributed by atoms with van der Waals surface area (Å²) in [6, 6.07) is 0. The van der Waals surface area contributed by atoms with Crippen molar-refractivity contribution >= 4 is 31.8 Å². The Labute approximate surface area is 56.4 Å². The van der Waals surface area contributed by atoms with E-state index in [2.05, 4.69) is 18.4 Å². The fraction of sp³-hybridized carbons (Fsp3) is 0.333. The Morgan fingerprint density at radius 3 is 2.88 bits per heavy atom. The van der Waals surface area contributed by atoms with Gasteiger partial charge in [0.1, 0.15) is 0 Å². The summed E-state index contributed by atoms with van der Waals surface area (Å²) in [5, 5.41) is 0. The van der Waals surface area contributed by atoms with Crippen LogP contribution in [0.5, 0.6) is 0 Å². The van der Waals surface area contributed by atoms with Gasteiger partial charge < -0.3 is 4.81 Å². The molecule has 40 valence electrons. The molecule has 0 N–H and O–H groups in total. The lowest BCUT2D eigenvalue weighted by Crippen LogP contribution is -2.31. The molecular weight excluding hydrogens is 115 g/mol. The highest BCUT2D eigenvalue weighted by atomic mass is 32.2. The van der Waals surface area contributed by atoms with Crippen molar-refractivity contribution in [2.24, 2.45) is 0 Å². The molecule has 1 rings (SSSR count). The molecule has 1 nitrogen and oxygen atoms in total. The molecular formula is C3H8B3NS. The third-order valence-electron chi connectivity index (χ3n) is 1.36. The Morgan fingerprint density at radius 2 is 2.50 bits per heavy atom. The third kappa shape index (κ3) is 1.28. The maximum absolute atomic E-state index is 3.91. The van der Waals surface area contributed by atoms with Gasteiger partial charge in [-0.2, -0.15) is 0 Å². The van der Waals surface area contributed by atoms with Crippen LogP contribution in [0.1, 0.15) is 0 Å². The van der Waals surface area contributed by atoms with E-state index in [0.29, 0.717) is 0 Å². The fourth-order valence-electron chi connectivity index (χ4n) is 0.674. The summed E-state index contributed by atoms with van der Waals surface area (Å²) in [4.78, 5) is 2.20. The van der Waals surface area contributed by atoms with Crippen LogP contribution in [-0.4, -0.2) is 32.2 Å². The molecule has 0 unspecified atom stereocenters. The van der Waals surface area contributed by atoms with Gasteiger partial charge in [-0.1, -0.05) is 12.2 Å². The van der Waals surface area contributed by atoms with Gasteiger partial charge in [0.05, 0.1) is 0 Å². The molecule has 1 fully saturated rings. The topological polar surface area (TPSA) is 3.24 Å². The summed E-state index contributed by atoms with van der Waals surface area (Å²) in [6.07, 6.45) is 1.25. The minimum Gasteiger partial charge on any atom is -0.424 e. The quantitative estimate of drug-likeness (QED) is 0.384. The van der Waals surface area contributed by atoms with Crippen LogP contribution in [0.15, 0.2) is 12.2 Å². The summed E-state index contributed by atoms with van der Waals surface area (Å²) in [7, 11) is 3.26. The molecule has 0 aromatic carbocycles. The van der Waals surface area contributed by atoms with E-state index < -0.39 is 0 Å². The van der Waals surface area contributed by atoms with Crippen molar-refractivity contribution in [3.8, 4) is 0 Å². The van der Waals surface area contributed by atoms with Gasteiger partial charge in [0.2, 0.25) is 0 Å². The van der Waals surface area contributed by atoms with Gasteiger partial charge in [0.25, 0.3) is 6.69 Å². The lowest BCUT2D eigenvalue weighted by atomic mass is 9.51. The van der Waals surface area contributed by atoms with Gasteiger partial charge in [0, 0.05) is 0 Å². The molecule has 0 amide bonds. The average molecular weight is 123 g/mol. The predicted octanol–water partition coefficient (Wildman–Crippen LogP) is -0.894. The maximum atomic E-state index is 3.91. The second-order valence-corrected chi connectivity index (χ2v) is 3.13. The van der Waals surface area contributed by atoms with E-state index in [0.717, 1.165) is 6.69 Å². The molecule has 0 spiro atoms. The molecule has 1 aliphatic rings. The van der Waals surface area contributed by atoms with Gasteiger partial charge in [-0.05, 0) is 7.05 Å². The van der Waals surface area contributed by atoms with Gasteiger partial charge in [-0.3, -0.25) is 0 Å². The Hall–Kier alpha value is 0.0848. The largest absolute Gasteiger partial charge is 0.424 e. The number of rotatable bonds is 0. The summed E-state index contributed by atoms with van der Waals surface area (Å²) >= 11 is 1.97. The van der Waals surface area contributed by atoms with Gasteiger partial charge in [-0.15, -0.1) is 0 Å². The van der Waals surface area contributed by atoms with Gasteiger partial charge in [0.15, 0.2) is 13.6 Å². The smallest absolute Gasteiger partial charge is 0.291 e. The monoisotopic (exact) mass is 123 g/mol. The lowest BCUT2D eigenvalue weighted by Gasteiger charge is -2.24. The maximum Gasteiger partial charge on any atom is 0.291 e. The van der Waals surface area contributed by atoms with E-state index in [9.17, 15) is 0 Å². The molecule has 0 aliphatic carbocycles. The molecule has 0 aromatic rings. The SMILES string of the molecule is C=C1BBSBN1C. The highest BCUT2D eigenvalue weighted by molar-refractivity contribution is 8.43. The molecule has 1 aliphatic heterocycles. The van der Waals surface area contributed by atoms with Crippen molar-refractivity contribution in [3.05, 3.63) is 12.2 Å². The highest BCUT2D eigenvalue weighted by Gasteiger charge is 2.11. The van der Waals surface area contributed by atoms with Crippen molar-refractivity contribution in [1.82, 2.24) is 4.81 Å². The first-order valence-electron chi connectivity index (χ1n) is 2.77. The standard InChI is InChI=1S/C3H8B3NS/c1-3-4-5-8-6-7(3)2/h4-6H,1H2,2H3. The van der Waals surface area contributed by atoms with Crippen LogP contribution in [0.2, 0.25) is 0 Å². The summed E-state index contributed by atoms with van der Waals surface area (Å²) < 4.78 is 0. The van der Waals surface area contributed by atoms with Crippen LogP contribution in [-0.2, 0) is 0 Å². The minimum atomic E-state index is 1.12. The Kier molecular flexibility index (Phi) is 2.00. The Balaban J connectivity index is 2.39. The second kappa shape index (κ2) is 2.58. The van der Waals surface area contributed by atoms with Crippen molar-refractivity contribution in [3.63, 3.8) is 0 Å². The zero-order valence-electron chi connectivity index (χ0n) is 5.18. The van der Waals surface area contributed by atoms with E-state index in [1.165, 1.54) is 19.2 Å². The number of nitrogens with zero attached hydrogens (tertiary/aromatic N) is 1. The van der Waals surface area contributed by atoms with Crippen molar-refractivity contribution < 1.29 is 0 Å². The van der Waals surface area contributed by atoms with Crippen LogP contribution in [0.25, 0.3) is 0 Å².